The Morgan fingerprint density at radius 1 is 1.28 bits per heavy atom. The van der Waals surface area contributed by atoms with Gasteiger partial charge in [0.2, 0.25) is 5.82 Å². The molecule has 1 aromatic heterocycles. The van der Waals surface area contributed by atoms with Gasteiger partial charge in [-0.25, -0.2) is 9.97 Å². The van der Waals surface area contributed by atoms with Gasteiger partial charge in [0.1, 0.15) is 0 Å². The van der Waals surface area contributed by atoms with E-state index < -0.39 is 16.4 Å². The van der Waals surface area contributed by atoms with Crippen LogP contribution in [0.15, 0.2) is 41.8 Å². The Balaban J connectivity index is 2.15. The van der Waals surface area contributed by atoms with Crippen molar-refractivity contribution in [1.82, 2.24) is 9.97 Å². The number of nitrogens with zero attached hydrogens (tertiary/aromatic N) is 3. The van der Waals surface area contributed by atoms with Gasteiger partial charge in [-0.2, -0.15) is 4.39 Å². The minimum atomic E-state index is -0.800. The standard InChI is InChI=1S/C11H8FN3O2S/c12-10-8(3-1-4-9(10)15(16)17)7-18-11-13-5-2-6-14-11/h1-6H,7H2. The highest BCUT2D eigenvalue weighted by molar-refractivity contribution is 7.98. The summed E-state index contributed by atoms with van der Waals surface area (Å²) in [6, 6.07) is 5.79. The normalized spacial score (nSPS) is 10.3. The summed E-state index contributed by atoms with van der Waals surface area (Å²) in [5, 5.41) is 11.1. The van der Waals surface area contributed by atoms with Crippen LogP contribution in [-0.2, 0) is 5.75 Å². The first kappa shape index (κ1) is 12.4. The summed E-state index contributed by atoms with van der Waals surface area (Å²) < 4.78 is 13.7. The van der Waals surface area contributed by atoms with Crippen LogP contribution < -0.4 is 0 Å². The van der Waals surface area contributed by atoms with Gasteiger partial charge in [-0.15, -0.1) is 0 Å². The molecule has 0 atom stereocenters. The van der Waals surface area contributed by atoms with Gasteiger partial charge in [-0.05, 0) is 6.07 Å². The van der Waals surface area contributed by atoms with E-state index in [1.54, 1.807) is 18.5 Å². The van der Waals surface area contributed by atoms with Gasteiger partial charge in [0.25, 0.3) is 0 Å². The summed E-state index contributed by atoms with van der Waals surface area (Å²) in [6.45, 7) is 0. The first-order valence-corrected chi connectivity index (χ1v) is 5.98. The third kappa shape index (κ3) is 2.80. The Bertz CT molecular complexity index is 565. The highest BCUT2D eigenvalue weighted by Crippen LogP contribution is 2.25. The number of hydrogen-bond acceptors (Lipinski definition) is 5. The number of halogens is 1. The van der Waals surface area contributed by atoms with Crippen molar-refractivity contribution in [2.24, 2.45) is 0 Å². The number of rotatable bonds is 4. The lowest BCUT2D eigenvalue weighted by Gasteiger charge is -2.02. The number of benzene rings is 1. The molecule has 7 heteroatoms. The largest absolute Gasteiger partial charge is 0.305 e. The van der Waals surface area contributed by atoms with Crippen LogP contribution in [0, 0.1) is 15.9 Å². The lowest BCUT2D eigenvalue weighted by atomic mass is 10.2. The molecule has 92 valence electrons. The van der Waals surface area contributed by atoms with E-state index in [-0.39, 0.29) is 11.3 Å². The van der Waals surface area contributed by atoms with E-state index in [0.29, 0.717) is 5.16 Å². The average molecular weight is 265 g/mol. The first-order valence-electron chi connectivity index (χ1n) is 5.00. The van der Waals surface area contributed by atoms with Crippen molar-refractivity contribution in [2.45, 2.75) is 10.9 Å². The number of hydrogen-bond donors (Lipinski definition) is 0. The molecule has 0 spiro atoms. The Morgan fingerprint density at radius 3 is 2.67 bits per heavy atom. The topological polar surface area (TPSA) is 68.9 Å². The molecule has 0 aliphatic carbocycles. The summed E-state index contributed by atoms with van der Waals surface area (Å²) in [7, 11) is 0. The molecular weight excluding hydrogens is 257 g/mol. The molecule has 5 nitrogen and oxygen atoms in total. The second-order valence-electron chi connectivity index (χ2n) is 3.33. The van der Waals surface area contributed by atoms with Crippen LogP contribution in [0.25, 0.3) is 0 Å². The van der Waals surface area contributed by atoms with E-state index in [1.807, 2.05) is 0 Å². The number of nitro groups is 1. The lowest BCUT2D eigenvalue weighted by Crippen LogP contribution is -1.96. The smallest absolute Gasteiger partial charge is 0.258 e. The molecule has 18 heavy (non-hydrogen) atoms. The molecule has 2 rings (SSSR count). The molecule has 0 amide bonds. The fourth-order valence-corrected chi connectivity index (χ4v) is 2.10. The van der Waals surface area contributed by atoms with E-state index in [0.717, 1.165) is 6.07 Å². The van der Waals surface area contributed by atoms with E-state index in [2.05, 4.69) is 9.97 Å². The average Bonchev–Trinajstić information content (AvgIpc) is 2.38. The Labute approximate surface area is 106 Å². The molecule has 0 saturated carbocycles. The van der Waals surface area contributed by atoms with Crippen LogP contribution in [0.1, 0.15) is 5.56 Å². The zero-order valence-corrected chi connectivity index (χ0v) is 9.93. The molecule has 0 N–H and O–H groups in total. The van der Waals surface area contributed by atoms with Crippen LogP contribution in [0.3, 0.4) is 0 Å². The van der Waals surface area contributed by atoms with Gasteiger partial charge in [-0.3, -0.25) is 10.1 Å². The Morgan fingerprint density at radius 2 is 2.00 bits per heavy atom. The molecule has 0 bridgehead atoms. The fraction of sp³-hybridized carbons (Fsp3) is 0.0909. The van der Waals surface area contributed by atoms with Gasteiger partial charge in [0.05, 0.1) is 4.92 Å². The van der Waals surface area contributed by atoms with Crippen molar-refractivity contribution in [3.8, 4) is 0 Å². The molecular formula is C11H8FN3O2S. The highest BCUT2D eigenvalue weighted by Gasteiger charge is 2.17. The summed E-state index contributed by atoms with van der Waals surface area (Å²) in [6.07, 6.45) is 3.16. The zero-order valence-electron chi connectivity index (χ0n) is 9.12. The zero-order chi connectivity index (χ0) is 13.0. The van der Waals surface area contributed by atoms with Gasteiger partial charge in [-0.1, -0.05) is 23.9 Å². The molecule has 2 aromatic rings. The molecule has 0 aliphatic heterocycles. The number of thioether (sulfide) groups is 1. The summed E-state index contributed by atoms with van der Waals surface area (Å²) in [5.74, 6) is -0.553. The van der Waals surface area contributed by atoms with Gasteiger partial charge >= 0.3 is 5.69 Å². The van der Waals surface area contributed by atoms with Crippen LogP contribution >= 0.6 is 11.8 Å². The van der Waals surface area contributed by atoms with Gasteiger partial charge < -0.3 is 0 Å². The van der Waals surface area contributed by atoms with Crippen molar-refractivity contribution in [2.75, 3.05) is 0 Å². The van der Waals surface area contributed by atoms with Crippen molar-refractivity contribution < 1.29 is 9.31 Å². The van der Waals surface area contributed by atoms with Crippen molar-refractivity contribution >= 4 is 17.4 Å². The third-order valence-electron chi connectivity index (χ3n) is 2.15. The SMILES string of the molecule is O=[N+]([O-])c1cccc(CSc2ncccn2)c1F. The Kier molecular flexibility index (Phi) is 3.83. The maximum atomic E-state index is 13.7. The second kappa shape index (κ2) is 5.54. The molecule has 0 aliphatic rings. The molecule has 0 radical (unpaired) electrons. The predicted octanol–water partition coefficient (Wildman–Crippen LogP) is 2.82. The van der Waals surface area contributed by atoms with Crippen molar-refractivity contribution in [3.63, 3.8) is 0 Å². The quantitative estimate of drug-likeness (QED) is 0.368. The molecule has 0 fully saturated rings. The minimum absolute atomic E-state index is 0.248. The predicted molar refractivity (Wildman–Crippen MR) is 64.6 cm³/mol. The van der Waals surface area contributed by atoms with E-state index in [9.17, 15) is 14.5 Å². The second-order valence-corrected chi connectivity index (χ2v) is 4.27. The molecule has 1 aromatic carbocycles. The maximum absolute atomic E-state index is 13.7. The number of nitro benzene ring substituents is 1. The van der Waals surface area contributed by atoms with Gasteiger partial charge in [0, 0.05) is 29.8 Å². The molecule has 1 heterocycles. The van der Waals surface area contributed by atoms with E-state index >= 15 is 0 Å². The van der Waals surface area contributed by atoms with E-state index in [4.69, 9.17) is 0 Å². The van der Waals surface area contributed by atoms with E-state index in [1.165, 1.54) is 23.9 Å². The minimum Gasteiger partial charge on any atom is -0.258 e. The van der Waals surface area contributed by atoms with Crippen LogP contribution in [-0.4, -0.2) is 14.9 Å². The maximum Gasteiger partial charge on any atom is 0.305 e. The summed E-state index contributed by atoms with van der Waals surface area (Å²) in [4.78, 5) is 17.8. The third-order valence-corrected chi connectivity index (χ3v) is 3.08. The highest BCUT2D eigenvalue weighted by atomic mass is 32.2. The van der Waals surface area contributed by atoms with Crippen LogP contribution in [0.4, 0.5) is 10.1 Å². The van der Waals surface area contributed by atoms with Crippen LogP contribution in [0.5, 0.6) is 0 Å². The first-order chi connectivity index (χ1) is 8.68. The molecule has 0 saturated heterocycles. The Hall–Kier alpha value is -2.02. The summed E-state index contributed by atoms with van der Waals surface area (Å²) >= 11 is 1.22. The monoisotopic (exact) mass is 265 g/mol. The lowest BCUT2D eigenvalue weighted by molar-refractivity contribution is -0.387. The molecule has 0 unspecified atom stereocenters. The van der Waals surface area contributed by atoms with Gasteiger partial charge in [0.15, 0.2) is 5.16 Å². The van der Waals surface area contributed by atoms with Crippen LogP contribution in [0.2, 0.25) is 0 Å². The fourth-order valence-electron chi connectivity index (χ4n) is 1.32. The van der Waals surface area contributed by atoms with Crippen molar-refractivity contribution in [1.29, 1.82) is 0 Å². The number of aromatic nitrogens is 2. The summed E-state index contributed by atoms with van der Waals surface area (Å²) in [5.41, 5.74) is -0.247. The van der Waals surface area contributed by atoms with Crippen molar-refractivity contribution in [3.05, 3.63) is 58.2 Å².